The predicted molar refractivity (Wildman–Crippen MR) is 41.1 cm³/mol. The molecule has 0 bridgehead atoms. The molecule has 0 fully saturated rings. The number of hydrazone groups is 1. The first-order chi connectivity index (χ1) is 4.85. The van der Waals surface area contributed by atoms with Gasteiger partial charge in [-0.05, 0) is 6.92 Å². The molecule has 0 aromatic heterocycles. The molecule has 0 unspecified atom stereocenters. The van der Waals surface area contributed by atoms with Crippen molar-refractivity contribution in [1.29, 1.82) is 5.53 Å². The zero-order valence-corrected chi connectivity index (χ0v) is 6.26. The maximum absolute atomic E-state index is 6.66. The smallest absolute Gasteiger partial charge is 0.173 e. The Labute approximate surface area is 60.5 Å². The highest BCUT2D eigenvalue weighted by molar-refractivity contribution is 5.83. The van der Waals surface area contributed by atoms with Gasteiger partial charge in [-0.15, -0.1) is 5.11 Å². The summed E-state index contributed by atoms with van der Waals surface area (Å²) < 4.78 is 0. The highest BCUT2D eigenvalue weighted by atomic mass is 15.3. The average Bonchev–Trinajstić information content (AvgIpc) is 1.98. The van der Waals surface area contributed by atoms with Crippen LogP contribution in [0.2, 0.25) is 0 Å². The van der Waals surface area contributed by atoms with E-state index >= 15 is 0 Å². The highest BCUT2D eigenvalue weighted by Gasteiger charge is 1.89. The minimum Gasteiger partial charge on any atom is -0.311 e. The second-order valence-electron chi connectivity index (χ2n) is 1.64. The quantitative estimate of drug-likeness (QED) is 0.202. The fourth-order valence-corrected chi connectivity index (χ4v) is 0.469. The fourth-order valence-electron chi connectivity index (χ4n) is 0.469. The first-order valence-electron chi connectivity index (χ1n) is 3.07. The summed E-state index contributed by atoms with van der Waals surface area (Å²) >= 11 is 0. The van der Waals surface area contributed by atoms with Gasteiger partial charge >= 0.3 is 0 Å². The molecule has 4 nitrogen and oxygen atoms in total. The molecule has 0 spiro atoms. The Hall–Kier alpha value is -1.19. The van der Waals surface area contributed by atoms with Gasteiger partial charge in [0.15, 0.2) is 5.84 Å². The van der Waals surface area contributed by atoms with Crippen LogP contribution in [0.15, 0.2) is 22.4 Å². The van der Waals surface area contributed by atoms with Crippen LogP contribution in [0.3, 0.4) is 0 Å². The lowest BCUT2D eigenvalue weighted by atomic mass is 10.4. The van der Waals surface area contributed by atoms with Gasteiger partial charge in [0, 0.05) is 13.5 Å². The third-order valence-corrected chi connectivity index (χ3v) is 0.906. The maximum atomic E-state index is 6.66. The minimum atomic E-state index is 0.487. The van der Waals surface area contributed by atoms with Crippen molar-refractivity contribution in [2.75, 3.05) is 7.05 Å². The van der Waals surface area contributed by atoms with Crippen molar-refractivity contribution in [3.8, 4) is 0 Å². The molecule has 56 valence electrons. The first kappa shape index (κ1) is 8.81. The number of rotatable bonds is 3. The van der Waals surface area contributed by atoms with Crippen molar-refractivity contribution in [2.24, 2.45) is 10.2 Å². The van der Waals surface area contributed by atoms with Crippen LogP contribution in [-0.4, -0.2) is 12.9 Å². The van der Waals surface area contributed by atoms with Gasteiger partial charge in [-0.3, -0.25) is 0 Å². The van der Waals surface area contributed by atoms with Crippen LogP contribution >= 0.6 is 0 Å². The van der Waals surface area contributed by atoms with E-state index in [0.717, 1.165) is 0 Å². The number of hydrogen-bond acceptors (Lipinski definition) is 3. The molecular weight excluding hydrogens is 128 g/mol. The van der Waals surface area contributed by atoms with Crippen molar-refractivity contribution in [3.63, 3.8) is 0 Å². The topological polar surface area (TPSA) is 60.6 Å². The van der Waals surface area contributed by atoms with Crippen LogP contribution in [-0.2, 0) is 0 Å². The SMILES string of the molecule is CC=CC/C(N=N)=N/NC. The van der Waals surface area contributed by atoms with E-state index in [0.29, 0.717) is 12.3 Å². The number of nitrogens with zero attached hydrogens (tertiary/aromatic N) is 2. The van der Waals surface area contributed by atoms with Crippen molar-refractivity contribution < 1.29 is 0 Å². The second kappa shape index (κ2) is 5.94. The molecule has 0 aromatic rings. The molecule has 0 aromatic carbocycles. The standard InChI is InChI=1S/C6H12N4/c1-3-4-5-6(9-7)10-8-2/h3-4,7-8H,5H2,1-2H3/b4-3?,9-7?,10-6-. The number of nitrogens with one attached hydrogen (secondary N) is 2. The van der Waals surface area contributed by atoms with Crippen LogP contribution in [0.25, 0.3) is 0 Å². The summed E-state index contributed by atoms with van der Waals surface area (Å²) in [7, 11) is 1.68. The monoisotopic (exact) mass is 140 g/mol. The zero-order valence-electron chi connectivity index (χ0n) is 6.26. The number of amidine groups is 1. The van der Waals surface area contributed by atoms with Gasteiger partial charge in [0.1, 0.15) is 0 Å². The van der Waals surface area contributed by atoms with Gasteiger partial charge in [-0.25, -0.2) is 5.53 Å². The lowest BCUT2D eigenvalue weighted by molar-refractivity contribution is 0.884. The zero-order chi connectivity index (χ0) is 7.82. The summed E-state index contributed by atoms with van der Waals surface area (Å²) in [5.41, 5.74) is 9.23. The van der Waals surface area contributed by atoms with Crippen molar-refractivity contribution >= 4 is 5.84 Å². The molecule has 0 atom stereocenters. The molecule has 0 saturated carbocycles. The van der Waals surface area contributed by atoms with Crippen LogP contribution in [0.1, 0.15) is 13.3 Å². The van der Waals surface area contributed by atoms with Crippen molar-refractivity contribution in [3.05, 3.63) is 12.2 Å². The average molecular weight is 140 g/mol. The van der Waals surface area contributed by atoms with Gasteiger partial charge in [0.2, 0.25) is 0 Å². The third kappa shape index (κ3) is 3.77. The second-order valence-corrected chi connectivity index (χ2v) is 1.64. The lowest BCUT2D eigenvalue weighted by Gasteiger charge is -1.91. The molecule has 4 heteroatoms. The van der Waals surface area contributed by atoms with E-state index in [-0.39, 0.29) is 0 Å². The van der Waals surface area contributed by atoms with E-state index in [1.54, 1.807) is 7.05 Å². The van der Waals surface area contributed by atoms with Gasteiger partial charge in [-0.1, -0.05) is 12.2 Å². The van der Waals surface area contributed by atoms with Gasteiger partial charge in [0.25, 0.3) is 0 Å². The molecule has 0 aliphatic carbocycles. The molecule has 0 heterocycles. The van der Waals surface area contributed by atoms with Crippen molar-refractivity contribution in [1.82, 2.24) is 5.43 Å². The van der Waals surface area contributed by atoms with E-state index in [2.05, 4.69) is 15.6 Å². The van der Waals surface area contributed by atoms with E-state index in [1.165, 1.54) is 0 Å². The summed E-state index contributed by atoms with van der Waals surface area (Å²) in [6.07, 6.45) is 4.41. The number of hydrogen-bond donors (Lipinski definition) is 2. The maximum Gasteiger partial charge on any atom is 0.173 e. The molecule has 0 saturated heterocycles. The van der Waals surface area contributed by atoms with E-state index in [4.69, 9.17) is 5.53 Å². The van der Waals surface area contributed by atoms with Crippen LogP contribution < -0.4 is 5.43 Å². The molecule has 0 aliphatic rings. The van der Waals surface area contributed by atoms with Crippen LogP contribution in [0.4, 0.5) is 0 Å². The van der Waals surface area contributed by atoms with Crippen LogP contribution in [0, 0.1) is 5.53 Å². The molecule has 0 rings (SSSR count). The Morgan fingerprint density at radius 3 is 2.80 bits per heavy atom. The Bertz CT molecular complexity index is 148. The summed E-state index contributed by atoms with van der Waals surface area (Å²) in [6.45, 7) is 1.92. The molecule has 0 radical (unpaired) electrons. The normalized spacial score (nSPS) is 12.0. The Morgan fingerprint density at radius 1 is 1.70 bits per heavy atom. The molecule has 0 amide bonds. The van der Waals surface area contributed by atoms with E-state index in [1.807, 2.05) is 19.1 Å². The molecular formula is C6H12N4. The summed E-state index contributed by atoms with van der Waals surface area (Å²) in [4.78, 5) is 0. The first-order valence-corrected chi connectivity index (χ1v) is 3.07. The Kier molecular flexibility index (Phi) is 5.23. The van der Waals surface area contributed by atoms with Crippen LogP contribution in [0.5, 0.6) is 0 Å². The van der Waals surface area contributed by atoms with E-state index < -0.39 is 0 Å². The van der Waals surface area contributed by atoms with Crippen molar-refractivity contribution in [2.45, 2.75) is 13.3 Å². The molecule has 2 N–H and O–H groups in total. The summed E-state index contributed by atoms with van der Waals surface area (Å²) in [5, 5.41) is 6.94. The summed E-state index contributed by atoms with van der Waals surface area (Å²) in [5.74, 6) is 0.487. The third-order valence-electron chi connectivity index (χ3n) is 0.906. The Balaban J connectivity index is 3.82. The van der Waals surface area contributed by atoms with Gasteiger partial charge in [0.05, 0.1) is 0 Å². The number of allylic oxidation sites excluding steroid dienone is 1. The van der Waals surface area contributed by atoms with E-state index in [9.17, 15) is 0 Å². The lowest BCUT2D eigenvalue weighted by Crippen LogP contribution is -2.00. The summed E-state index contributed by atoms with van der Waals surface area (Å²) in [6, 6.07) is 0. The van der Waals surface area contributed by atoms with Gasteiger partial charge in [-0.2, -0.15) is 5.10 Å². The largest absolute Gasteiger partial charge is 0.311 e. The minimum absolute atomic E-state index is 0.487. The molecule has 0 aliphatic heterocycles. The Morgan fingerprint density at radius 2 is 2.40 bits per heavy atom. The molecule has 10 heavy (non-hydrogen) atoms. The fraction of sp³-hybridized carbons (Fsp3) is 0.500. The van der Waals surface area contributed by atoms with Gasteiger partial charge < -0.3 is 5.43 Å². The highest BCUT2D eigenvalue weighted by Crippen LogP contribution is 1.88. The predicted octanol–water partition coefficient (Wildman–Crippen LogP) is 1.52.